The van der Waals surface area contributed by atoms with Gasteiger partial charge in [-0.25, -0.2) is 0 Å². The van der Waals surface area contributed by atoms with E-state index in [9.17, 15) is 4.79 Å². The van der Waals surface area contributed by atoms with Crippen LogP contribution in [0.5, 0.6) is 0 Å². The second-order valence-corrected chi connectivity index (χ2v) is 3.30. The van der Waals surface area contributed by atoms with Crippen LogP contribution >= 0.6 is 0 Å². The first-order chi connectivity index (χ1) is 5.75. The molecule has 0 spiro atoms. The summed E-state index contributed by atoms with van der Waals surface area (Å²) in [5.74, 6) is 0.322. The van der Waals surface area contributed by atoms with E-state index in [-0.39, 0.29) is 12.0 Å². The predicted molar refractivity (Wildman–Crippen MR) is 46.8 cm³/mol. The molecular formula is C9H17NO2. The Hall–Kier alpha value is -0.570. The zero-order valence-corrected chi connectivity index (χ0v) is 7.80. The lowest BCUT2D eigenvalue weighted by atomic mass is 9.93. The van der Waals surface area contributed by atoms with Crippen molar-refractivity contribution in [1.29, 1.82) is 0 Å². The van der Waals surface area contributed by atoms with E-state index in [1.54, 1.807) is 0 Å². The largest absolute Gasteiger partial charge is 0.465 e. The average molecular weight is 171 g/mol. The van der Waals surface area contributed by atoms with Crippen LogP contribution in [-0.4, -0.2) is 25.2 Å². The third-order valence-corrected chi connectivity index (χ3v) is 2.31. The lowest BCUT2D eigenvalue weighted by Crippen LogP contribution is -2.46. The summed E-state index contributed by atoms with van der Waals surface area (Å²) in [5.41, 5.74) is 0. The quantitative estimate of drug-likeness (QED) is 0.628. The van der Waals surface area contributed by atoms with Crippen molar-refractivity contribution in [2.75, 3.05) is 13.2 Å². The second kappa shape index (κ2) is 4.45. The van der Waals surface area contributed by atoms with Crippen LogP contribution in [0.2, 0.25) is 0 Å². The molecule has 1 fully saturated rings. The van der Waals surface area contributed by atoms with E-state index in [0.717, 1.165) is 19.4 Å². The number of piperidine rings is 1. The van der Waals surface area contributed by atoms with Crippen LogP contribution in [0.25, 0.3) is 0 Å². The van der Waals surface area contributed by atoms with Crippen LogP contribution in [0.15, 0.2) is 0 Å². The van der Waals surface area contributed by atoms with Crippen molar-refractivity contribution in [1.82, 2.24) is 5.32 Å². The number of carbonyl (C=O) groups is 1. The van der Waals surface area contributed by atoms with Crippen molar-refractivity contribution >= 4 is 5.97 Å². The van der Waals surface area contributed by atoms with E-state index < -0.39 is 0 Å². The van der Waals surface area contributed by atoms with Gasteiger partial charge in [0.15, 0.2) is 0 Å². The molecule has 1 rings (SSSR count). The first-order valence-corrected chi connectivity index (χ1v) is 4.65. The van der Waals surface area contributed by atoms with E-state index >= 15 is 0 Å². The van der Waals surface area contributed by atoms with Crippen molar-refractivity contribution in [2.45, 2.75) is 32.7 Å². The number of ether oxygens (including phenoxy) is 1. The van der Waals surface area contributed by atoms with Gasteiger partial charge in [0.25, 0.3) is 0 Å². The first-order valence-electron chi connectivity index (χ1n) is 4.65. The molecule has 3 nitrogen and oxygen atoms in total. The van der Waals surface area contributed by atoms with Crippen molar-refractivity contribution in [3.05, 3.63) is 0 Å². The minimum atomic E-state index is -0.0929. The molecule has 0 radical (unpaired) electrons. The number of carbonyl (C=O) groups excluding carboxylic acids is 1. The van der Waals surface area contributed by atoms with E-state index in [2.05, 4.69) is 12.2 Å². The number of hydrogen-bond acceptors (Lipinski definition) is 3. The van der Waals surface area contributed by atoms with Gasteiger partial charge in [-0.3, -0.25) is 4.79 Å². The Morgan fingerprint density at radius 1 is 1.67 bits per heavy atom. The fourth-order valence-electron chi connectivity index (χ4n) is 1.60. The molecule has 0 aliphatic carbocycles. The third kappa shape index (κ3) is 2.21. The number of esters is 1. The van der Waals surface area contributed by atoms with E-state index in [4.69, 9.17) is 4.74 Å². The second-order valence-electron chi connectivity index (χ2n) is 3.30. The average Bonchev–Trinajstić information content (AvgIpc) is 2.05. The number of nitrogens with one attached hydrogen (secondary N) is 1. The lowest BCUT2D eigenvalue weighted by Gasteiger charge is -2.27. The Morgan fingerprint density at radius 3 is 3.00 bits per heavy atom. The van der Waals surface area contributed by atoms with Gasteiger partial charge < -0.3 is 10.1 Å². The summed E-state index contributed by atoms with van der Waals surface area (Å²) in [6, 6.07) is -0.0706. The molecule has 0 saturated carbocycles. The Balaban J connectivity index is 2.42. The summed E-state index contributed by atoms with van der Waals surface area (Å²) < 4.78 is 4.95. The monoisotopic (exact) mass is 171 g/mol. The topological polar surface area (TPSA) is 38.3 Å². The zero-order chi connectivity index (χ0) is 8.97. The van der Waals surface area contributed by atoms with Crippen molar-refractivity contribution in [3.63, 3.8) is 0 Å². The Bertz CT molecular complexity index is 159. The van der Waals surface area contributed by atoms with E-state index in [1.165, 1.54) is 0 Å². The normalized spacial score (nSPS) is 29.8. The fourth-order valence-corrected chi connectivity index (χ4v) is 1.60. The summed E-state index contributed by atoms with van der Waals surface area (Å²) in [6.45, 7) is 5.34. The van der Waals surface area contributed by atoms with Crippen molar-refractivity contribution < 1.29 is 9.53 Å². The van der Waals surface area contributed by atoms with Gasteiger partial charge in [0.2, 0.25) is 0 Å². The van der Waals surface area contributed by atoms with Gasteiger partial charge in [-0.15, -0.1) is 0 Å². The molecule has 0 aromatic heterocycles. The highest BCUT2D eigenvalue weighted by molar-refractivity contribution is 5.76. The molecule has 1 heterocycles. The highest BCUT2D eigenvalue weighted by Gasteiger charge is 2.28. The highest BCUT2D eigenvalue weighted by atomic mass is 16.5. The van der Waals surface area contributed by atoms with Crippen molar-refractivity contribution in [3.8, 4) is 0 Å². The standard InChI is InChI=1S/C9H17NO2/c1-3-12-9(11)8-7(2)5-4-6-10-8/h7-8,10H,3-6H2,1-2H3/t7-,8+/m1/s1. The Morgan fingerprint density at radius 2 is 2.42 bits per heavy atom. The van der Waals surface area contributed by atoms with Crippen LogP contribution in [-0.2, 0) is 9.53 Å². The van der Waals surface area contributed by atoms with E-state index in [1.807, 2.05) is 6.92 Å². The molecule has 0 aromatic carbocycles. The maximum atomic E-state index is 11.3. The summed E-state index contributed by atoms with van der Waals surface area (Å²) >= 11 is 0. The van der Waals surface area contributed by atoms with Crippen molar-refractivity contribution in [2.24, 2.45) is 5.92 Å². The van der Waals surface area contributed by atoms with Gasteiger partial charge in [0, 0.05) is 0 Å². The van der Waals surface area contributed by atoms with Crippen LogP contribution < -0.4 is 5.32 Å². The van der Waals surface area contributed by atoms with Gasteiger partial charge in [0.05, 0.1) is 6.61 Å². The number of rotatable bonds is 2. The van der Waals surface area contributed by atoms with Crippen LogP contribution in [0.3, 0.4) is 0 Å². The Labute approximate surface area is 73.5 Å². The van der Waals surface area contributed by atoms with Crippen LogP contribution in [0.1, 0.15) is 26.7 Å². The van der Waals surface area contributed by atoms with Gasteiger partial charge in [-0.05, 0) is 32.2 Å². The molecule has 12 heavy (non-hydrogen) atoms. The minimum absolute atomic E-state index is 0.0706. The fraction of sp³-hybridized carbons (Fsp3) is 0.889. The molecule has 1 aliphatic rings. The Kier molecular flexibility index (Phi) is 3.53. The van der Waals surface area contributed by atoms with E-state index in [0.29, 0.717) is 12.5 Å². The predicted octanol–water partition coefficient (Wildman–Crippen LogP) is 0.938. The lowest BCUT2D eigenvalue weighted by molar-refractivity contribution is -0.147. The van der Waals surface area contributed by atoms with Crippen LogP contribution in [0.4, 0.5) is 0 Å². The molecule has 1 aliphatic heterocycles. The molecule has 1 saturated heterocycles. The molecule has 2 atom stereocenters. The first kappa shape index (κ1) is 9.52. The maximum absolute atomic E-state index is 11.3. The van der Waals surface area contributed by atoms with Crippen LogP contribution in [0, 0.1) is 5.92 Å². The summed E-state index contributed by atoms with van der Waals surface area (Å²) in [4.78, 5) is 11.3. The van der Waals surface area contributed by atoms with Gasteiger partial charge in [-0.2, -0.15) is 0 Å². The molecule has 3 heteroatoms. The molecule has 0 unspecified atom stereocenters. The highest BCUT2D eigenvalue weighted by Crippen LogP contribution is 2.16. The molecule has 0 aromatic rings. The summed E-state index contributed by atoms with van der Waals surface area (Å²) in [7, 11) is 0. The third-order valence-electron chi connectivity index (χ3n) is 2.31. The molecule has 0 amide bonds. The van der Waals surface area contributed by atoms with Gasteiger partial charge in [0.1, 0.15) is 6.04 Å². The smallest absolute Gasteiger partial charge is 0.323 e. The molecule has 70 valence electrons. The molecular weight excluding hydrogens is 154 g/mol. The minimum Gasteiger partial charge on any atom is -0.465 e. The summed E-state index contributed by atoms with van der Waals surface area (Å²) in [6.07, 6.45) is 2.29. The van der Waals surface area contributed by atoms with Gasteiger partial charge in [-0.1, -0.05) is 6.92 Å². The molecule has 1 N–H and O–H groups in total. The molecule has 0 bridgehead atoms. The SMILES string of the molecule is CCOC(=O)[C@H]1NCCC[C@H]1C. The maximum Gasteiger partial charge on any atom is 0.323 e. The number of hydrogen-bond donors (Lipinski definition) is 1. The van der Waals surface area contributed by atoms with Gasteiger partial charge >= 0.3 is 5.97 Å². The summed E-state index contributed by atoms with van der Waals surface area (Å²) in [5, 5.41) is 3.18. The zero-order valence-electron chi connectivity index (χ0n) is 7.80.